The van der Waals surface area contributed by atoms with E-state index in [1.54, 1.807) is 0 Å². The largest absolute Gasteiger partial charge is 0.462 e. The Bertz CT molecular complexity index is 1200. The molecule has 0 rings (SSSR count). The lowest BCUT2D eigenvalue weighted by Crippen LogP contribution is -2.30. The number of rotatable bonds is 66. The SMILES string of the molecule is CCCCCCCCC/C=C\CCCCCCCCCC(=O)OC(COC(=O)CCCCCCCCCCCCCCCCC)COC(=O)CCCCCCCCCCCCCCCCCCCCCCCCCCCC. The highest BCUT2D eigenvalue weighted by Gasteiger charge is 2.19. The van der Waals surface area contributed by atoms with Crippen LogP contribution >= 0.6 is 0 Å². The van der Waals surface area contributed by atoms with E-state index in [2.05, 4.69) is 32.9 Å². The molecule has 6 heteroatoms. The van der Waals surface area contributed by atoms with Crippen molar-refractivity contribution in [3.05, 3.63) is 12.2 Å². The minimum atomic E-state index is -0.769. The van der Waals surface area contributed by atoms with Gasteiger partial charge in [0.15, 0.2) is 6.10 Å². The maximum Gasteiger partial charge on any atom is 0.306 e. The van der Waals surface area contributed by atoms with Crippen LogP contribution in [-0.2, 0) is 28.6 Å². The zero-order valence-corrected chi connectivity index (χ0v) is 52.5. The fraction of sp³-hybridized carbons (Fsp3) is 0.930. The molecule has 0 spiro atoms. The molecule has 0 aliphatic carbocycles. The Kier molecular flexibility index (Phi) is 65.1. The van der Waals surface area contributed by atoms with E-state index in [9.17, 15) is 14.4 Å². The van der Waals surface area contributed by atoms with Gasteiger partial charge in [0.2, 0.25) is 0 Å². The molecule has 0 aromatic heterocycles. The van der Waals surface area contributed by atoms with Crippen molar-refractivity contribution in [2.75, 3.05) is 13.2 Å². The van der Waals surface area contributed by atoms with E-state index >= 15 is 0 Å². The molecule has 0 saturated heterocycles. The van der Waals surface area contributed by atoms with Gasteiger partial charge in [0.1, 0.15) is 13.2 Å². The zero-order valence-electron chi connectivity index (χ0n) is 52.5. The van der Waals surface area contributed by atoms with Gasteiger partial charge in [-0.1, -0.05) is 354 Å². The molecule has 0 amide bonds. The van der Waals surface area contributed by atoms with Gasteiger partial charge in [0.05, 0.1) is 0 Å². The summed E-state index contributed by atoms with van der Waals surface area (Å²) in [6.07, 6.45) is 79.5. The van der Waals surface area contributed by atoms with Crippen LogP contribution in [0.2, 0.25) is 0 Å². The molecule has 456 valence electrons. The van der Waals surface area contributed by atoms with Crippen LogP contribution in [0.1, 0.15) is 406 Å². The second kappa shape index (κ2) is 66.7. The number of hydrogen-bond acceptors (Lipinski definition) is 6. The van der Waals surface area contributed by atoms with Crippen molar-refractivity contribution in [2.24, 2.45) is 0 Å². The van der Waals surface area contributed by atoms with Crippen molar-refractivity contribution in [1.82, 2.24) is 0 Å². The average molecular weight is 1090 g/mol. The van der Waals surface area contributed by atoms with Gasteiger partial charge < -0.3 is 14.2 Å². The summed E-state index contributed by atoms with van der Waals surface area (Å²) in [5, 5.41) is 0. The van der Waals surface area contributed by atoms with Gasteiger partial charge >= 0.3 is 17.9 Å². The molecule has 6 nitrogen and oxygen atoms in total. The second-order valence-electron chi connectivity index (χ2n) is 24.2. The highest BCUT2D eigenvalue weighted by Crippen LogP contribution is 2.19. The third kappa shape index (κ3) is 64.9. The highest BCUT2D eigenvalue weighted by molar-refractivity contribution is 5.71. The predicted molar refractivity (Wildman–Crippen MR) is 335 cm³/mol. The fourth-order valence-corrected chi connectivity index (χ4v) is 11.0. The summed E-state index contributed by atoms with van der Waals surface area (Å²) in [5.74, 6) is -0.834. The van der Waals surface area contributed by atoms with Crippen LogP contribution in [-0.4, -0.2) is 37.2 Å². The molecular weight excluding hydrogens is 949 g/mol. The molecule has 0 N–H and O–H groups in total. The molecule has 1 unspecified atom stereocenters. The molecule has 0 aromatic rings. The van der Waals surface area contributed by atoms with Crippen molar-refractivity contribution < 1.29 is 28.6 Å². The lowest BCUT2D eigenvalue weighted by molar-refractivity contribution is -0.167. The molecule has 0 radical (unpaired) electrons. The van der Waals surface area contributed by atoms with Crippen molar-refractivity contribution in [3.63, 3.8) is 0 Å². The van der Waals surface area contributed by atoms with Crippen molar-refractivity contribution >= 4 is 17.9 Å². The number of hydrogen-bond donors (Lipinski definition) is 0. The van der Waals surface area contributed by atoms with Crippen molar-refractivity contribution in [3.8, 4) is 0 Å². The molecule has 0 aliphatic rings. The smallest absolute Gasteiger partial charge is 0.306 e. The minimum Gasteiger partial charge on any atom is -0.462 e. The number of allylic oxidation sites excluding steroid dienone is 2. The standard InChI is InChI=1S/C71H136O6/c1-4-7-10-13-16-19-22-25-28-30-32-33-34-35-36-37-38-39-41-43-46-49-52-55-58-61-64-70(73)76-67-68(66-75-69(72)63-60-57-54-51-48-45-42-27-24-21-18-15-12-9-6-3)77-71(74)65-62-59-56-53-50-47-44-40-31-29-26-23-20-17-14-11-8-5-2/h29,31,68H,4-28,30,32-67H2,1-3H3/b31-29-. The van der Waals surface area contributed by atoms with Gasteiger partial charge in [-0.15, -0.1) is 0 Å². The summed E-state index contributed by atoms with van der Waals surface area (Å²) < 4.78 is 17.0. The number of ether oxygens (including phenoxy) is 3. The van der Waals surface area contributed by atoms with E-state index in [4.69, 9.17) is 14.2 Å². The Morgan fingerprint density at radius 1 is 0.247 bits per heavy atom. The number of carbonyl (C=O) groups excluding carboxylic acids is 3. The summed E-state index contributed by atoms with van der Waals surface area (Å²) in [5.41, 5.74) is 0. The molecule has 0 bridgehead atoms. The molecular formula is C71H136O6. The Labute approximate surface area is 481 Å². The normalized spacial score (nSPS) is 12.0. The van der Waals surface area contributed by atoms with Gasteiger partial charge in [-0.2, -0.15) is 0 Å². The average Bonchev–Trinajstić information content (AvgIpc) is 3.43. The summed E-state index contributed by atoms with van der Waals surface area (Å²) >= 11 is 0. The summed E-state index contributed by atoms with van der Waals surface area (Å²) in [4.78, 5) is 38.4. The lowest BCUT2D eigenvalue weighted by Gasteiger charge is -2.18. The summed E-state index contributed by atoms with van der Waals surface area (Å²) in [6, 6.07) is 0. The van der Waals surface area contributed by atoms with Gasteiger partial charge in [0, 0.05) is 19.3 Å². The minimum absolute atomic E-state index is 0.0649. The van der Waals surface area contributed by atoms with Gasteiger partial charge in [0.25, 0.3) is 0 Å². The fourth-order valence-electron chi connectivity index (χ4n) is 11.0. The van der Waals surface area contributed by atoms with Gasteiger partial charge in [-0.25, -0.2) is 0 Å². The molecule has 0 fully saturated rings. The Balaban J connectivity index is 4.22. The van der Waals surface area contributed by atoms with Crippen LogP contribution in [0.15, 0.2) is 12.2 Å². The maximum absolute atomic E-state index is 12.9. The predicted octanol–water partition coefficient (Wildman–Crippen LogP) is 24.0. The van der Waals surface area contributed by atoms with E-state index in [0.29, 0.717) is 19.3 Å². The first-order valence-corrected chi connectivity index (χ1v) is 35.2. The van der Waals surface area contributed by atoms with E-state index in [-0.39, 0.29) is 31.1 Å². The summed E-state index contributed by atoms with van der Waals surface area (Å²) in [6.45, 7) is 6.73. The maximum atomic E-state index is 12.9. The van der Waals surface area contributed by atoms with E-state index in [0.717, 1.165) is 57.8 Å². The first kappa shape index (κ1) is 75.2. The van der Waals surface area contributed by atoms with E-state index in [1.807, 2.05) is 0 Å². The van der Waals surface area contributed by atoms with Crippen LogP contribution in [0.25, 0.3) is 0 Å². The van der Waals surface area contributed by atoms with Crippen LogP contribution in [0.5, 0.6) is 0 Å². The molecule has 1 atom stereocenters. The number of esters is 3. The topological polar surface area (TPSA) is 78.9 Å². The Morgan fingerprint density at radius 2 is 0.429 bits per heavy atom. The molecule has 0 heterocycles. The summed E-state index contributed by atoms with van der Waals surface area (Å²) in [7, 11) is 0. The van der Waals surface area contributed by atoms with Crippen LogP contribution in [0.3, 0.4) is 0 Å². The highest BCUT2D eigenvalue weighted by atomic mass is 16.6. The second-order valence-corrected chi connectivity index (χ2v) is 24.2. The lowest BCUT2D eigenvalue weighted by atomic mass is 10.0. The van der Waals surface area contributed by atoms with E-state index in [1.165, 1.54) is 308 Å². The third-order valence-electron chi connectivity index (χ3n) is 16.3. The third-order valence-corrected chi connectivity index (χ3v) is 16.3. The van der Waals surface area contributed by atoms with Crippen molar-refractivity contribution in [2.45, 2.75) is 412 Å². The zero-order chi connectivity index (χ0) is 55.7. The van der Waals surface area contributed by atoms with Crippen molar-refractivity contribution in [1.29, 1.82) is 0 Å². The monoisotopic (exact) mass is 1090 g/mol. The first-order valence-electron chi connectivity index (χ1n) is 35.2. The molecule has 0 saturated carbocycles. The molecule has 0 aromatic carbocycles. The number of carbonyl (C=O) groups is 3. The van der Waals surface area contributed by atoms with E-state index < -0.39 is 6.10 Å². The first-order chi connectivity index (χ1) is 38.0. The molecule has 77 heavy (non-hydrogen) atoms. The molecule has 0 aliphatic heterocycles. The van der Waals surface area contributed by atoms with Gasteiger partial charge in [-0.05, 0) is 44.9 Å². The Morgan fingerprint density at radius 3 is 0.649 bits per heavy atom. The number of unbranched alkanes of at least 4 members (excludes halogenated alkanes) is 53. The van der Waals surface area contributed by atoms with Crippen LogP contribution in [0.4, 0.5) is 0 Å². The van der Waals surface area contributed by atoms with Crippen LogP contribution < -0.4 is 0 Å². The van der Waals surface area contributed by atoms with Crippen LogP contribution in [0, 0.1) is 0 Å². The quantitative estimate of drug-likeness (QED) is 0.0261. The Hall–Kier alpha value is -1.85. The van der Waals surface area contributed by atoms with Gasteiger partial charge in [-0.3, -0.25) is 14.4 Å².